The van der Waals surface area contributed by atoms with E-state index in [-0.39, 0.29) is 5.82 Å². The van der Waals surface area contributed by atoms with E-state index in [0.717, 1.165) is 23.3 Å². The Morgan fingerprint density at radius 1 is 1.13 bits per heavy atom. The van der Waals surface area contributed by atoms with Gasteiger partial charge >= 0.3 is 0 Å². The van der Waals surface area contributed by atoms with Crippen molar-refractivity contribution in [1.82, 2.24) is 14.6 Å². The highest BCUT2D eigenvalue weighted by molar-refractivity contribution is 6.29. The van der Waals surface area contributed by atoms with Crippen LogP contribution in [-0.4, -0.2) is 14.6 Å². The van der Waals surface area contributed by atoms with Crippen LogP contribution in [0.2, 0.25) is 5.15 Å². The minimum atomic E-state index is -0.192. The molecule has 0 N–H and O–H groups in total. The van der Waals surface area contributed by atoms with Crippen LogP contribution in [0.15, 0.2) is 36.5 Å². The molecule has 0 saturated heterocycles. The second-order valence-electron chi connectivity index (χ2n) is 6.63. The average Bonchev–Trinajstić information content (AvgIpc) is 3.44. The summed E-state index contributed by atoms with van der Waals surface area (Å²) in [5, 5.41) is 4.85. The summed E-state index contributed by atoms with van der Waals surface area (Å²) in [7, 11) is 0. The molecule has 0 bridgehead atoms. The average molecular weight is 328 g/mol. The molecule has 2 aliphatic carbocycles. The zero-order valence-electron chi connectivity index (χ0n) is 12.4. The Morgan fingerprint density at radius 2 is 1.91 bits per heavy atom. The van der Waals surface area contributed by atoms with Crippen molar-refractivity contribution in [3.05, 3.63) is 64.3 Å². The molecule has 5 heteroatoms. The van der Waals surface area contributed by atoms with Crippen LogP contribution in [0.3, 0.4) is 0 Å². The SMILES string of the molecule is Fc1ccc([C@H]2CC2c2cc(Cl)nn3cc(C4CC4)nc23)cc1. The molecule has 3 nitrogen and oxygen atoms in total. The molecule has 23 heavy (non-hydrogen) atoms. The van der Waals surface area contributed by atoms with Crippen LogP contribution in [0.5, 0.6) is 0 Å². The summed E-state index contributed by atoms with van der Waals surface area (Å²) < 4.78 is 14.9. The fraction of sp³-hybridized carbons (Fsp3) is 0.333. The number of nitrogens with zero attached hydrogens (tertiary/aromatic N) is 3. The molecule has 0 aliphatic heterocycles. The van der Waals surface area contributed by atoms with Gasteiger partial charge < -0.3 is 0 Å². The Morgan fingerprint density at radius 3 is 2.65 bits per heavy atom. The molecule has 2 atom stereocenters. The minimum Gasteiger partial charge on any atom is -0.231 e. The van der Waals surface area contributed by atoms with Crippen LogP contribution >= 0.6 is 11.6 Å². The lowest BCUT2D eigenvalue weighted by Crippen LogP contribution is -1.96. The van der Waals surface area contributed by atoms with Crippen LogP contribution in [0, 0.1) is 5.82 Å². The normalized spacial score (nSPS) is 23.4. The lowest BCUT2D eigenvalue weighted by Gasteiger charge is -2.04. The van der Waals surface area contributed by atoms with E-state index in [1.807, 2.05) is 28.9 Å². The van der Waals surface area contributed by atoms with E-state index in [0.29, 0.717) is 22.9 Å². The van der Waals surface area contributed by atoms with E-state index in [1.54, 1.807) is 0 Å². The smallest absolute Gasteiger partial charge is 0.157 e. The van der Waals surface area contributed by atoms with Crippen molar-refractivity contribution < 1.29 is 4.39 Å². The van der Waals surface area contributed by atoms with Gasteiger partial charge in [0.25, 0.3) is 0 Å². The summed E-state index contributed by atoms with van der Waals surface area (Å²) in [5.41, 5.74) is 4.38. The topological polar surface area (TPSA) is 30.2 Å². The zero-order valence-corrected chi connectivity index (χ0v) is 13.2. The van der Waals surface area contributed by atoms with Gasteiger partial charge in [0.05, 0.1) is 11.9 Å². The second kappa shape index (κ2) is 4.78. The first kappa shape index (κ1) is 13.5. The maximum absolute atomic E-state index is 13.1. The lowest BCUT2D eigenvalue weighted by molar-refractivity contribution is 0.627. The molecule has 2 aliphatic rings. The molecule has 116 valence electrons. The van der Waals surface area contributed by atoms with Crippen LogP contribution in [0.1, 0.15) is 53.8 Å². The number of rotatable bonds is 3. The highest BCUT2D eigenvalue weighted by Gasteiger charge is 2.41. The number of halogens is 2. The van der Waals surface area contributed by atoms with Gasteiger partial charge in [-0.25, -0.2) is 13.9 Å². The van der Waals surface area contributed by atoms with Gasteiger partial charge in [0.1, 0.15) is 11.0 Å². The van der Waals surface area contributed by atoms with Gasteiger partial charge in [-0.15, -0.1) is 0 Å². The van der Waals surface area contributed by atoms with Gasteiger partial charge in [-0.1, -0.05) is 23.7 Å². The van der Waals surface area contributed by atoms with Crippen LogP contribution in [0.25, 0.3) is 5.65 Å². The van der Waals surface area contributed by atoms with Crippen molar-refractivity contribution in [2.24, 2.45) is 0 Å². The van der Waals surface area contributed by atoms with Gasteiger partial charge in [-0.3, -0.25) is 0 Å². The predicted octanol–water partition coefficient (Wildman–Crippen LogP) is 4.67. The molecule has 2 saturated carbocycles. The van der Waals surface area contributed by atoms with Gasteiger partial charge in [0.2, 0.25) is 0 Å². The Bertz CT molecular complexity index is 899. The van der Waals surface area contributed by atoms with E-state index in [1.165, 1.54) is 30.5 Å². The van der Waals surface area contributed by atoms with Crippen molar-refractivity contribution in [3.63, 3.8) is 0 Å². The molecule has 1 aromatic carbocycles. The van der Waals surface area contributed by atoms with E-state index in [2.05, 4.69) is 5.10 Å². The Kier molecular flexibility index (Phi) is 2.80. The van der Waals surface area contributed by atoms with Crippen LogP contribution in [0.4, 0.5) is 4.39 Å². The highest BCUT2D eigenvalue weighted by Crippen LogP contribution is 2.55. The summed E-state index contributed by atoms with van der Waals surface area (Å²) in [6.07, 6.45) is 5.49. The summed E-state index contributed by atoms with van der Waals surface area (Å²) in [6, 6.07) is 8.75. The maximum atomic E-state index is 13.1. The molecule has 0 spiro atoms. The first-order chi connectivity index (χ1) is 11.2. The van der Waals surface area contributed by atoms with Crippen LogP contribution < -0.4 is 0 Å². The number of imidazole rings is 1. The third-order valence-electron chi connectivity index (χ3n) is 4.93. The second-order valence-corrected chi connectivity index (χ2v) is 7.02. The molecule has 0 radical (unpaired) electrons. The van der Waals surface area contributed by atoms with E-state index in [4.69, 9.17) is 16.6 Å². The number of aromatic nitrogens is 3. The molecule has 0 amide bonds. The monoisotopic (exact) mass is 327 g/mol. The minimum absolute atomic E-state index is 0.192. The van der Waals surface area contributed by atoms with Crippen molar-refractivity contribution >= 4 is 17.2 Å². The highest BCUT2D eigenvalue weighted by atomic mass is 35.5. The standard InChI is InChI=1S/C18H15ClFN3/c19-17-8-15(14-7-13(14)10-3-5-12(20)6-4-10)18-21-16(11-1-2-11)9-23(18)22-17/h3-6,8-9,11,13-14H,1-2,7H2/t13-,14?/m1/s1. The summed E-state index contributed by atoms with van der Waals surface area (Å²) in [6.45, 7) is 0. The lowest BCUT2D eigenvalue weighted by atomic mass is 10.1. The Labute approximate surface area is 138 Å². The van der Waals surface area contributed by atoms with Gasteiger partial charge in [0.15, 0.2) is 5.65 Å². The summed E-state index contributed by atoms with van der Waals surface area (Å²) >= 11 is 6.21. The molecular weight excluding hydrogens is 313 g/mol. The van der Waals surface area contributed by atoms with Crippen molar-refractivity contribution in [2.45, 2.75) is 37.0 Å². The molecule has 1 unspecified atom stereocenters. The molecule has 5 rings (SSSR count). The van der Waals surface area contributed by atoms with Crippen molar-refractivity contribution in [2.75, 3.05) is 0 Å². The van der Waals surface area contributed by atoms with E-state index < -0.39 is 0 Å². The first-order valence-electron chi connectivity index (χ1n) is 8.00. The van der Waals surface area contributed by atoms with Crippen molar-refractivity contribution in [1.29, 1.82) is 0 Å². The van der Waals surface area contributed by atoms with Gasteiger partial charge in [0, 0.05) is 11.5 Å². The van der Waals surface area contributed by atoms with Gasteiger partial charge in [-0.2, -0.15) is 5.10 Å². The van der Waals surface area contributed by atoms with E-state index >= 15 is 0 Å². The summed E-state index contributed by atoms with van der Waals surface area (Å²) in [5.74, 6) is 1.20. The number of hydrogen-bond donors (Lipinski definition) is 0. The number of hydrogen-bond acceptors (Lipinski definition) is 2. The number of benzene rings is 1. The Hall–Kier alpha value is -1.94. The maximum Gasteiger partial charge on any atom is 0.157 e. The number of fused-ring (bicyclic) bond motifs is 1. The van der Waals surface area contributed by atoms with E-state index in [9.17, 15) is 4.39 Å². The molecule has 2 fully saturated rings. The molecule has 3 aromatic rings. The van der Waals surface area contributed by atoms with Gasteiger partial charge in [-0.05, 0) is 54.9 Å². The fourth-order valence-corrected chi connectivity index (χ4v) is 3.65. The largest absolute Gasteiger partial charge is 0.231 e. The fourth-order valence-electron chi connectivity index (χ4n) is 3.45. The summed E-state index contributed by atoms with van der Waals surface area (Å²) in [4.78, 5) is 4.80. The van der Waals surface area contributed by atoms with Crippen LogP contribution in [-0.2, 0) is 0 Å². The first-order valence-corrected chi connectivity index (χ1v) is 8.38. The molecule has 2 heterocycles. The molecule has 2 aromatic heterocycles. The third kappa shape index (κ3) is 2.32. The zero-order chi connectivity index (χ0) is 15.6. The quantitative estimate of drug-likeness (QED) is 0.699. The van der Waals surface area contributed by atoms with Crippen molar-refractivity contribution in [3.8, 4) is 0 Å². The third-order valence-corrected chi connectivity index (χ3v) is 5.11. The molecular formula is C18H15ClFN3. The Balaban J connectivity index is 1.54. The predicted molar refractivity (Wildman–Crippen MR) is 86.5 cm³/mol.